The van der Waals surface area contributed by atoms with E-state index in [0.29, 0.717) is 61.1 Å². The number of ether oxygens (including phenoxy) is 2. The quantitative estimate of drug-likeness (QED) is 0.377. The van der Waals surface area contributed by atoms with Crippen LogP contribution in [0.2, 0.25) is 0 Å². The molecule has 11 heteroatoms. The smallest absolute Gasteiger partial charge is 0.410 e. The van der Waals surface area contributed by atoms with Gasteiger partial charge >= 0.3 is 6.09 Å². The van der Waals surface area contributed by atoms with Crippen molar-refractivity contribution in [2.75, 3.05) is 43.5 Å². The van der Waals surface area contributed by atoms with Gasteiger partial charge in [-0.2, -0.15) is 0 Å². The van der Waals surface area contributed by atoms with Gasteiger partial charge in [-0.25, -0.2) is 19.4 Å². The van der Waals surface area contributed by atoms with Crippen LogP contribution in [0.25, 0.3) is 22.6 Å². The van der Waals surface area contributed by atoms with E-state index in [0.717, 1.165) is 30.0 Å². The number of nitrogens with zero attached hydrogens (tertiary/aromatic N) is 6. The van der Waals surface area contributed by atoms with Crippen molar-refractivity contribution >= 4 is 28.8 Å². The summed E-state index contributed by atoms with van der Waals surface area (Å²) in [7, 11) is 0. The fourth-order valence-corrected chi connectivity index (χ4v) is 3.99. The Bertz CT molecular complexity index is 1330. The monoisotopic (exact) mass is 488 g/mol. The first-order valence-electron chi connectivity index (χ1n) is 11.9. The molecular weight excluding hydrogens is 460 g/mol. The molecule has 3 N–H and O–H groups in total. The van der Waals surface area contributed by atoms with Gasteiger partial charge < -0.3 is 25.4 Å². The number of benzene rings is 2. The molecule has 1 aliphatic heterocycles. The summed E-state index contributed by atoms with van der Waals surface area (Å²) in [6.45, 7) is 5.83. The van der Waals surface area contributed by atoms with Crippen molar-refractivity contribution in [3.05, 3.63) is 54.1 Å². The van der Waals surface area contributed by atoms with Gasteiger partial charge in [0, 0.05) is 37.4 Å². The summed E-state index contributed by atoms with van der Waals surface area (Å²) in [5.74, 6) is 1.73. The number of hydrogen-bond acceptors (Lipinski definition) is 9. The number of nitrogens with two attached hydrogens (primary N) is 1. The molecule has 11 nitrogen and oxygen atoms in total. The molecule has 1 amide bonds. The predicted molar refractivity (Wildman–Crippen MR) is 136 cm³/mol. The Hall–Kier alpha value is -4.25. The lowest BCUT2D eigenvalue weighted by Crippen LogP contribution is -2.37. The van der Waals surface area contributed by atoms with Gasteiger partial charge in [-0.15, -0.1) is 5.10 Å². The molecule has 0 spiro atoms. The Morgan fingerprint density at radius 3 is 2.56 bits per heavy atom. The summed E-state index contributed by atoms with van der Waals surface area (Å²) in [5.41, 5.74) is 9.66. The number of fused-ring (bicyclic) bond motifs is 1. The minimum Gasteiger partial charge on any atom is -0.410 e. The van der Waals surface area contributed by atoms with Gasteiger partial charge in [0.05, 0.1) is 13.2 Å². The highest BCUT2D eigenvalue weighted by Crippen LogP contribution is 2.27. The van der Waals surface area contributed by atoms with Crippen LogP contribution in [0.1, 0.15) is 12.5 Å². The molecule has 0 aliphatic carbocycles. The molecule has 2 aromatic carbocycles. The highest BCUT2D eigenvalue weighted by Gasteiger charge is 2.21. The lowest BCUT2D eigenvalue weighted by molar-refractivity contribution is 0.122. The van der Waals surface area contributed by atoms with Gasteiger partial charge in [-0.05, 0) is 55.3 Å². The highest BCUT2D eigenvalue weighted by atomic mass is 16.6. The third-order valence-corrected chi connectivity index (χ3v) is 5.94. The molecule has 5 rings (SSSR count). The van der Waals surface area contributed by atoms with Crippen molar-refractivity contribution < 1.29 is 14.3 Å². The van der Waals surface area contributed by atoms with Crippen molar-refractivity contribution in [2.24, 2.45) is 0 Å². The number of aromatic nitrogens is 5. The maximum absolute atomic E-state index is 12.2. The number of rotatable bonds is 7. The zero-order valence-electron chi connectivity index (χ0n) is 20.1. The third-order valence-electron chi connectivity index (χ3n) is 5.94. The van der Waals surface area contributed by atoms with Crippen LogP contribution in [-0.2, 0) is 17.7 Å². The zero-order chi connectivity index (χ0) is 24.9. The number of anilines is 2. The van der Waals surface area contributed by atoms with Crippen molar-refractivity contribution in [3.8, 4) is 17.1 Å². The SMILES string of the molecule is CCn1nnc2c(N3CCOCC3)nc(-c3ccc(OC(=O)NCCc4ccc(N)cc4)cc3)nc21. The molecule has 0 unspecified atom stereocenters. The first kappa shape index (κ1) is 23.5. The van der Waals surface area contributed by atoms with Gasteiger partial charge in [0.1, 0.15) is 5.75 Å². The van der Waals surface area contributed by atoms with E-state index in [9.17, 15) is 4.79 Å². The van der Waals surface area contributed by atoms with Gasteiger partial charge in [0.25, 0.3) is 0 Å². The summed E-state index contributed by atoms with van der Waals surface area (Å²) in [5, 5.41) is 11.3. The minimum atomic E-state index is -0.511. The van der Waals surface area contributed by atoms with Gasteiger partial charge in [-0.1, -0.05) is 17.3 Å². The van der Waals surface area contributed by atoms with Crippen molar-refractivity contribution in [1.82, 2.24) is 30.3 Å². The Labute approximate surface area is 208 Å². The molecule has 1 fully saturated rings. The van der Waals surface area contributed by atoms with Gasteiger partial charge in [-0.3, -0.25) is 0 Å². The molecule has 0 atom stereocenters. The topological polar surface area (TPSA) is 133 Å². The van der Waals surface area contributed by atoms with Crippen LogP contribution in [0.5, 0.6) is 5.75 Å². The van der Waals surface area contributed by atoms with E-state index in [1.807, 2.05) is 43.3 Å². The van der Waals surface area contributed by atoms with Crippen molar-refractivity contribution in [3.63, 3.8) is 0 Å². The Balaban J connectivity index is 1.28. The summed E-state index contributed by atoms with van der Waals surface area (Å²) in [6, 6.07) is 14.7. The van der Waals surface area contributed by atoms with Crippen molar-refractivity contribution in [1.29, 1.82) is 0 Å². The fourth-order valence-electron chi connectivity index (χ4n) is 3.99. The number of morpholine rings is 1. The molecule has 0 bridgehead atoms. The zero-order valence-corrected chi connectivity index (χ0v) is 20.1. The lowest BCUT2D eigenvalue weighted by Gasteiger charge is -2.27. The molecule has 0 radical (unpaired) electrons. The molecule has 0 saturated carbocycles. The summed E-state index contributed by atoms with van der Waals surface area (Å²) >= 11 is 0. The van der Waals surface area contributed by atoms with E-state index in [-0.39, 0.29) is 0 Å². The van der Waals surface area contributed by atoms with E-state index < -0.39 is 6.09 Å². The molecule has 36 heavy (non-hydrogen) atoms. The maximum atomic E-state index is 12.2. The van der Waals surface area contributed by atoms with E-state index in [2.05, 4.69) is 20.5 Å². The standard InChI is InChI=1S/C25H28N8O3/c1-2-33-24-21(30-31-33)23(32-13-15-35-16-14-32)28-22(29-24)18-5-9-20(10-6-18)36-25(34)27-12-11-17-3-7-19(26)8-4-17/h3-10H,2,11-16,26H2,1H3,(H,27,34). The Morgan fingerprint density at radius 2 is 1.83 bits per heavy atom. The molecule has 3 heterocycles. The fraction of sp³-hybridized carbons (Fsp3) is 0.320. The second-order valence-electron chi connectivity index (χ2n) is 8.38. The van der Waals surface area contributed by atoms with E-state index in [1.165, 1.54) is 0 Å². The number of hydrogen-bond donors (Lipinski definition) is 2. The second-order valence-corrected chi connectivity index (χ2v) is 8.38. The number of nitrogens with one attached hydrogen (secondary N) is 1. The van der Waals surface area contributed by atoms with E-state index in [4.69, 9.17) is 25.2 Å². The number of amides is 1. The molecule has 2 aromatic heterocycles. The second kappa shape index (κ2) is 10.6. The number of nitrogen functional groups attached to an aromatic ring is 1. The largest absolute Gasteiger partial charge is 0.412 e. The highest BCUT2D eigenvalue weighted by molar-refractivity contribution is 5.85. The normalized spacial score (nSPS) is 13.6. The number of aryl methyl sites for hydroxylation is 1. The summed E-state index contributed by atoms with van der Waals surface area (Å²) in [4.78, 5) is 23.9. The first-order chi connectivity index (χ1) is 17.6. The van der Waals surface area contributed by atoms with Crippen LogP contribution >= 0.6 is 0 Å². The summed E-state index contributed by atoms with van der Waals surface area (Å²) < 4.78 is 12.7. The average Bonchev–Trinajstić information content (AvgIpc) is 3.33. The van der Waals surface area contributed by atoms with Crippen LogP contribution < -0.4 is 20.7 Å². The average molecular weight is 489 g/mol. The van der Waals surface area contributed by atoms with Gasteiger partial charge in [0.2, 0.25) is 0 Å². The first-order valence-corrected chi connectivity index (χ1v) is 11.9. The number of carbonyl (C=O) groups is 1. The van der Waals surface area contributed by atoms with Crippen LogP contribution in [0.3, 0.4) is 0 Å². The molecule has 4 aromatic rings. The van der Waals surface area contributed by atoms with Gasteiger partial charge in [0.15, 0.2) is 22.8 Å². The molecule has 1 aliphatic rings. The molecular formula is C25H28N8O3. The van der Waals surface area contributed by atoms with E-state index in [1.54, 1.807) is 16.8 Å². The van der Waals surface area contributed by atoms with Crippen LogP contribution in [0.4, 0.5) is 16.3 Å². The lowest BCUT2D eigenvalue weighted by atomic mass is 10.1. The number of carbonyl (C=O) groups excluding carboxylic acids is 1. The van der Waals surface area contributed by atoms with Crippen LogP contribution in [-0.4, -0.2) is 63.9 Å². The van der Waals surface area contributed by atoms with Crippen LogP contribution in [0, 0.1) is 0 Å². The molecule has 1 saturated heterocycles. The molecule has 186 valence electrons. The predicted octanol–water partition coefficient (Wildman–Crippen LogP) is 2.66. The Morgan fingerprint density at radius 1 is 1.08 bits per heavy atom. The summed E-state index contributed by atoms with van der Waals surface area (Å²) in [6.07, 6.45) is 0.173. The third kappa shape index (κ3) is 5.20. The minimum absolute atomic E-state index is 0.429. The Kier molecular flexibility index (Phi) is 6.89. The van der Waals surface area contributed by atoms with E-state index >= 15 is 0 Å². The van der Waals surface area contributed by atoms with Crippen molar-refractivity contribution in [2.45, 2.75) is 19.9 Å². The maximum Gasteiger partial charge on any atom is 0.412 e. The van der Waals surface area contributed by atoms with Crippen LogP contribution in [0.15, 0.2) is 48.5 Å².